The minimum Gasteiger partial charge on any atom is -0.295 e. The van der Waals surface area contributed by atoms with Crippen molar-refractivity contribution in [2.24, 2.45) is 0 Å². The predicted molar refractivity (Wildman–Crippen MR) is 70.7 cm³/mol. The third-order valence-electron chi connectivity index (χ3n) is 3.11. The van der Waals surface area contributed by atoms with Gasteiger partial charge < -0.3 is 0 Å². The van der Waals surface area contributed by atoms with E-state index in [0.717, 1.165) is 28.2 Å². The van der Waals surface area contributed by atoms with Crippen molar-refractivity contribution in [3.05, 3.63) is 47.3 Å². The third kappa shape index (κ3) is 1.57. The smallest absolute Gasteiger partial charge is 0.154 e. The molecule has 0 aliphatic heterocycles. The molecule has 0 fully saturated rings. The van der Waals surface area contributed by atoms with Gasteiger partial charge in [-0.15, -0.1) is 0 Å². The molecule has 0 radical (unpaired) electrons. The maximum absolute atomic E-state index is 6.04. The second-order valence-corrected chi connectivity index (χ2v) is 4.48. The number of aromatic nitrogens is 4. The molecule has 0 bridgehead atoms. The fraction of sp³-hybridized carbons (Fsp3) is 0.154. The van der Waals surface area contributed by atoms with Gasteiger partial charge in [0.1, 0.15) is 11.3 Å². The van der Waals surface area contributed by atoms with Crippen LogP contribution in [0.25, 0.3) is 16.9 Å². The van der Waals surface area contributed by atoms with E-state index in [9.17, 15) is 0 Å². The third-order valence-corrected chi connectivity index (χ3v) is 3.40. The van der Waals surface area contributed by atoms with Crippen LogP contribution in [0.2, 0.25) is 5.15 Å². The highest BCUT2D eigenvalue weighted by Gasteiger charge is 2.12. The molecule has 0 unspecified atom stereocenters. The number of pyridine rings is 1. The normalized spacial score (nSPS) is 11.1. The zero-order valence-electron chi connectivity index (χ0n) is 10.1. The predicted octanol–water partition coefficient (Wildman–Crippen LogP) is 3.06. The van der Waals surface area contributed by atoms with Gasteiger partial charge in [0.05, 0.1) is 6.20 Å². The van der Waals surface area contributed by atoms with Gasteiger partial charge >= 0.3 is 0 Å². The van der Waals surface area contributed by atoms with Crippen molar-refractivity contribution in [3.63, 3.8) is 0 Å². The minimum atomic E-state index is 0.458. The molecule has 0 aliphatic rings. The van der Waals surface area contributed by atoms with Gasteiger partial charge in [-0.05, 0) is 25.5 Å². The topological polar surface area (TPSA) is 43.1 Å². The van der Waals surface area contributed by atoms with Crippen molar-refractivity contribution in [2.75, 3.05) is 0 Å². The van der Waals surface area contributed by atoms with E-state index in [1.807, 2.05) is 30.5 Å². The summed E-state index contributed by atoms with van der Waals surface area (Å²) in [5, 5.41) is 0.458. The van der Waals surface area contributed by atoms with Crippen molar-refractivity contribution in [2.45, 2.75) is 13.8 Å². The number of halogens is 1. The Labute approximate surface area is 109 Å². The zero-order valence-corrected chi connectivity index (χ0v) is 10.8. The lowest BCUT2D eigenvalue weighted by Crippen LogP contribution is -1.95. The summed E-state index contributed by atoms with van der Waals surface area (Å²) >= 11 is 6.04. The molecule has 0 amide bonds. The number of hydrogen-bond donors (Lipinski definition) is 0. The first kappa shape index (κ1) is 11.2. The standard InChI is InChI=1S/C13H11ClN4/c1-8-9(2)15-4-3-10(8)13-17-7-11-12(14)16-5-6-18(11)13/h3-7H,1-2H3. The van der Waals surface area contributed by atoms with Crippen LogP contribution in [0.3, 0.4) is 0 Å². The Morgan fingerprint density at radius 1 is 1.11 bits per heavy atom. The van der Waals surface area contributed by atoms with E-state index in [0.29, 0.717) is 5.15 Å². The second kappa shape index (κ2) is 4.07. The average Bonchev–Trinajstić information content (AvgIpc) is 2.78. The Kier molecular flexibility index (Phi) is 2.52. The first-order chi connectivity index (χ1) is 8.68. The molecule has 3 aromatic heterocycles. The molecule has 18 heavy (non-hydrogen) atoms. The van der Waals surface area contributed by atoms with Crippen LogP contribution >= 0.6 is 11.6 Å². The van der Waals surface area contributed by atoms with Crippen LogP contribution in [0.5, 0.6) is 0 Å². The largest absolute Gasteiger partial charge is 0.295 e. The number of fused-ring (bicyclic) bond motifs is 1. The summed E-state index contributed by atoms with van der Waals surface area (Å²) in [6, 6.07) is 1.96. The lowest BCUT2D eigenvalue weighted by atomic mass is 10.1. The van der Waals surface area contributed by atoms with Gasteiger partial charge in [-0.1, -0.05) is 11.6 Å². The van der Waals surface area contributed by atoms with E-state index < -0.39 is 0 Å². The molecule has 5 heteroatoms. The van der Waals surface area contributed by atoms with Gasteiger partial charge in [0.2, 0.25) is 0 Å². The van der Waals surface area contributed by atoms with Gasteiger partial charge in [0, 0.05) is 29.8 Å². The highest BCUT2D eigenvalue weighted by atomic mass is 35.5. The highest BCUT2D eigenvalue weighted by Crippen LogP contribution is 2.25. The average molecular weight is 259 g/mol. The Balaban J connectivity index is 2.33. The molecular formula is C13H11ClN4. The SMILES string of the molecule is Cc1nccc(-c2ncc3c(Cl)nccn23)c1C. The Morgan fingerprint density at radius 2 is 1.94 bits per heavy atom. The first-order valence-corrected chi connectivity index (χ1v) is 5.96. The summed E-state index contributed by atoms with van der Waals surface area (Å²) in [4.78, 5) is 12.8. The monoisotopic (exact) mass is 258 g/mol. The molecule has 0 saturated carbocycles. The van der Waals surface area contributed by atoms with E-state index in [1.54, 1.807) is 18.6 Å². The van der Waals surface area contributed by atoms with E-state index >= 15 is 0 Å². The molecule has 0 aromatic carbocycles. The molecular weight excluding hydrogens is 248 g/mol. The van der Waals surface area contributed by atoms with Gasteiger partial charge in [-0.3, -0.25) is 9.38 Å². The molecule has 0 N–H and O–H groups in total. The highest BCUT2D eigenvalue weighted by molar-refractivity contribution is 6.32. The summed E-state index contributed by atoms with van der Waals surface area (Å²) < 4.78 is 1.94. The van der Waals surface area contributed by atoms with E-state index in [-0.39, 0.29) is 0 Å². The molecule has 3 aromatic rings. The zero-order chi connectivity index (χ0) is 12.7. The van der Waals surface area contributed by atoms with Gasteiger partial charge in [-0.2, -0.15) is 0 Å². The molecule has 0 spiro atoms. The van der Waals surface area contributed by atoms with E-state index in [2.05, 4.69) is 15.0 Å². The van der Waals surface area contributed by atoms with E-state index in [4.69, 9.17) is 11.6 Å². The maximum atomic E-state index is 6.04. The van der Waals surface area contributed by atoms with Crippen LogP contribution in [0.1, 0.15) is 11.3 Å². The fourth-order valence-electron chi connectivity index (χ4n) is 1.98. The van der Waals surface area contributed by atoms with Crippen molar-refractivity contribution >= 4 is 17.1 Å². The van der Waals surface area contributed by atoms with Crippen LogP contribution in [0.15, 0.2) is 30.9 Å². The van der Waals surface area contributed by atoms with Crippen LogP contribution < -0.4 is 0 Å². The van der Waals surface area contributed by atoms with Crippen LogP contribution in [-0.2, 0) is 0 Å². The molecule has 3 heterocycles. The number of nitrogens with zero attached hydrogens (tertiary/aromatic N) is 4. The van der Waals surface area contributed by atoms with Crippen LogP contribution in [0.4, 0.5) is 0 Å². The Bertz CT molecular complexity index is 733. The van der Waals surface area contributed by atoms with Crippen molar-refractivity contribution in [1.29, 1.82) is 0 Å². The van der Waals surface area contributed by atoms with Gasteiger partial charge in [-0.25, -0.2) is 9.97 Å². The lowest BCUT2D eigenvalue weighted by Gasteiger charge is -2.07. The fourth-order valence-corrected chi connectivity index (χ4v) is 2.17. The Hall–Kier alpha value is -1.94. The first-order valence-electron chi connectivity index (χ1n) is 5.58. The minimum absolute atomic E-state index is 0.458. The summed E-state index contributed by atoms with van der Waals surface area (Å²) in [7, 11) is 0. The summed E-state index contributed by atoms with van der Waals surface area (Å²) in [6.07, 6.45) is 7.06. The molecule has 0 saturated heterocycles. The molecule has 0 atom stereocenters. The van der Waals surface area contributed by atoms with Crippen molar-refractivity contribution < 1.29 is 0 Å². The van der Waals surface area contributed by atoms with Gasteiger partial charge in [0.15, 0.2) is 5.15 Å². The summed E-state index contributed by atoms with van der Waals surface area (Å²) in [5.41, 5.74) is 4.00. The maximum Gasteiger partial charge on any atom is 0.154 e. The number of imidazole rings is 1. The lowest BCUT2D eigenvalue weighted by molar-refractivity contribution is 1.09. The number of hydrogen-bond acceptors (Lipinski definition) is 3. The summed E-state index contributed by atoms with van der Waals surface area (Å²) in [6.45, 7) is 4.03. The second-order valence-electron chi connectivity index (χ2n) is 4.12. The molecule has 4 nitrogen and oxygen atoms in total. The van der Waals surface area contributed by atoms with Crippen molar-refractivity contribution in [1.82, 2.24) is 19.4 Å². The number of aryl methyl sites for hydroxylation is 1. The number of rotatable bonds is 1. The van der Waals surface area contributed by atoms with E-state index in [1.165, 1.54) is 0 Å². The quantitative estimate of drug-likeness (QED) is 0.674. The van der Waals surface area contributed by atoms with Gasteiger partial charge in [0.25, 0.3) is 0 Å². The summed E-state index contributed by atoms with van der Waals surface area (Å²) in [5.74, 6) is 0.859. The van der Waals surface area contributed by atoms with Crippen molar-refractivity contribution in [3.8, 4) is 11.4 Å². The molecule has 90 valence electrons. The van der Waals surface area contributed by atoms with Crippen LogP contribution in [-0.4, -0.2) is 19.4 Å². The Morgan fingerprint density at radius 3 is 2.78 bits per heavy atom. The molecule has 0 aliphatic carbocycles. The molecule has 3 rings (SSSR count). The van der Waals surface area contributed by atoms with Crippen LogP contribution in [0, 0.1) is 13.8 Å².